The van der Waals surface area contributed by atoms with E-state index in [1.165, 1.54) is 16.7 Å². The van der Waals surface area contributed by atoms with Crippen LogP contribution >= 0.6 is 0 Å². The molecule has 0 aliphatic carbocycles. The quantitative estimate of drug-likeness (QED) is 0.605. The largest absolute Gasteiger partial charge is 0.115 e. The second-order valence-electron chi connectivity index (χ2n) is 3.49. The standard InChI is InChI=1S/C15H12/c1-3-13-10-7-11-15(12(13)2)14-8-5-4-6-9-14/h1,4-11H,2H3. The molecule has 0 unspecified atom stereocenters. The SMILES string of the molecule is C#Cc1cccc(-c2ccccc2)c1C. The van der Waals surface area contributed by atoms with E-state index in [0.717, 1.165) is 5.56 Å². The van der Waals surface area contributed by atoms with Gasteiger partial charge in [0.1, 0.15) is 0 Å². The summed E-state index contributed by atoms with van der Waals surface area (Å²) in [5, 5.41) is 0. The Bertz CT molecular complexity index is 501. The molecule has 15 heavy (non-hydrogen) atoms. The molecule has 0 saturated carbocycles. The van der Waals surface area contributed by atoms with E-state index in [0.29, 0.717) is 0 Å². The van der Waals surface area contributed by atoms with Gasteiger partial charge in [0.05, 0.1) is 0 Å². The van der Waals surface area contributed by atoms with E-state index in [9.17, 15) is 0 Å². The number of hydrogen-bond donors (Lipinski definition) is 0. The van der Waals surface area contributed by atoms with Gasteiger partial charge in [0.15, 0.2) is 0 Å². The molecule has 0 atom stereocenters. The van der Waals surface area contributed by atoms with E-state index in [2.05, 4.69) is 31.0 Å². The average molecular weight is 192 g/mol. The second kappa shape index (κ2) is 4.02. The molecule has 2 aromatic rings. The van der Waals surface area contributed by atoms with Crippen LogP contribution in [0.1, 0.15) is 11.1 Å². The van der Waals surface area contributed by atoms with Crippen molar-refractivity contribution in [3.05, 3.63) is 59.7 Å². The minimum absolute atomic E-state index is 0.969. The van der Waals surface area contributed by atoms with Crippen molar-refractivity contribution in [2.24, 2.45) is 0 Å². The van der Waals surface area contributed by atoms with Gasteiger partial charge in [0.2, 0.25) is 0 Å². The molecule has 0 fully saturated rings. The predicted octanol–water partition coefficient (Wildman–Crippen LogP) is 3.64. The lowest BCUT2D eigenvalue weighted by Crippen LogP contribution is -1.87. The Kier molecular flexibility index (Phi) is 2.56. The summed E-state index contributed by atoms with van der Waals surface area (Å²) in [6.07, 6.45) is 5.45. The molecule has 0 N–H and O–H groups in total. The average Bonchev–Trinajstić information content (AvgIpc) is 2.30. The molecule has 2 rings (SSSR count). The normalized spacial score (nSPS) is 9.60. The first kappa shape index (κ1) is 9.55. The zero-order chi connectivity index (χ0) is 10.7. The molecule has 0 heteroatoms. The second-order valence-corrected chi connectivity index (χ2v) is 3.49. The van der Waals surface area contributed by atoms with Crippen molar-refractivity contribution >= 4 is 0 Å². The van der Waals surface area contributed by atoms with Crippen molar-refractivity contribution < 1.29 is 0 Å². The summed E-state index contributed by atoms with van der Waals surface area (Å²) < 4.78 is 0. The van der Waals surface area contributed by atoms with Gasteiger partial charge in [0, 0.05) is 5.56 Å². The lowest BCUT2D eigenvalue weighted by Gasteiger charge is -2.07. The van der Waals surface area contributed by atoms with Gasteiger partial charge in [-0.25, -0.2) is 0 Å². The summed E-state index contributed by atoms with van der Waals surface area (Å²) in [6, 6.07) is 16.4. The minimum Gasteiger partial charge on any atom is -0.115 e. The Morgan fingerprint density at radius 2 is 1.67 bits per heavy atom. The first-order valence-electron chi connectivity index (χ1n) is 4.94. The van der Waals surface area contributed by atoms with E-state index >= 15 is 0 Å². The summed E-state index contributed by atoms with van der Waals surface area (Å²) in [4.78, 5) is 0. The van der Waals surface area contributed by atoms with Gasteiger partial charge in [-0.05, 0) is 29.7 Å². The highest BCUT2D eigenvalue weighted by Gasteiger charge is 2.03. The highest BCUT2D eigenvalue weighted by molar-refractivity contribution is 5.69. The summed E-state index contributed by atoms with van der Waals surface area (Å²) in [7, 11) is 0. The molecule has 0 saturated heterocycles. The molecule has 0 aliphatic heterocycles. The maximum absolute atomic E-state index is 5.45. The van der Waals surface area contributed by atoms with Crippen LogP contribution < -0.4 is 0 Å². The Labute approximate surface area is 90.6 Å². The molecule has 2 aromatic carbocycles. The van der Waals surface area contributed by atoms with Gasteiger partial charge >= 0.3 is 0 Å². The van der Waals surface area contributed by atoms with Crippen LogP contribution in [0, 0.1) is 19.3 Å². The molecule has 0 amide bonds. The van der Waals surface area contributed by atoms with E-state index in [1.54, 1.807) is 0 Å². The first-order valence-corrected chi connectivity index (χ1v) is 4.94. The third-order valence-electron chi connectivity index (χ3n) is 2.57. The van der Waals surface area contributed by atoms with Crippen LogP contribution in [0.2, 0.25) is 0 Å². The van der Waals surface area contributed by atoms with Gasteiger partial charge in [-0.3, -0.25) is 0 Å². The fourth-order valence-electron chi connectivity index (χ4n) is 1.72. The van der Waals surface area contributed by atoms with E-state index in [-0.39, 0.29) is 0 Å². The Balaban J connectivity index is 2.61. The highest BCUT2D eigenvalue weighted by Crippen LogP contribution is 2.24. The summed E-state index contributed by atoms with van der Waals surface area (Å²) in [6.45, 7) is 2.07. The number of terminal acetylenes is 1. The van der Waals surface area contributed by atoms with Gasteiger partial charge in [-0.1, -0.05) is 48.4 Å². The lowest BCUT2D eigenvalue weighted by atomic mass is 9.97. The van der Waals surface area contributed by atoms with E-state index in [4.69, 9.17) is 6.42 Å². The number of benzene rings is 2. The monoisotopic (exact) mass is 192 g/mol. The smallest absolute Gasteiger partial charge is 0.0277 e. The molecule has 0 aromatic heterocycles. The molecular weight excluding hydrogens is 180 g/mol. The van der Waals surface area contributed by atoms with Crippen LogP contribution in [0.5, 0.6) is 0 Å². The first-order chi connectivity index (χ1) is 7.33. The van der Waals surface area contributed by atoms with Crippen LogP contribution in [0.25, 0.3) is 11.1 Å². The van der Waals surface area contributed by atoms with E-state index < -0.39 is 0 Å². The summed E-state index contributed by atoms with van der Waals surface area (Å²) in [5.41, 5.74) is 4.57. The van der Waals surface area contributed by atoms with Gasteiger partial charge in [-0.2, -0.15) is 0 Å². The summed E-state index contributed by atoms with van der Waals surface area (Å²) in [5.74, 6) is 2.71. The Morgan fingerprint density at radius 1 is 0.933 bits per heavy atom. The lowest BCUT2D eigenvalue weighted by molar-refractivity contribution is 1.43. The Morgan fingerprint density at radius 3 is 2.33 bits per heavy atom. The number of rotatable bonds is 1. The van der Waals surface area contributed by atoms with Crippen molar-refractivity contribution in [1.29, 1.82) is 0 Å². The minimum atomic E-state index is 0.969. The van der Waals surface area contributed by atoms with Crippen molar-refractivity contribution in [3.63, 3.8) is 0 Å². The zero-order valence-electron chi connectivity index (χ0n) is 8.70. The third kappa shape index (κ3) is 1.78. The van der Waals surface area contributed by atoms with Crippen molar-refractivity contribution in [2.75, 3.05) is 0 Å². The highest BCUT2D eigenvalue weighted by atomic mass is 14.1. The van der Waals surface area contributed by atoms with Crippen LogP contribution in [-0.4, -0.2) is 0 Å². The molecule has 0 nitrogen and oxygen atoms in total. The van der Waals surface area contributed by atoms with Crippen LogP contribution in [0.3, 0.4) is 0 Å². The van der Waals surface area contributed by atoms with Crippen molar-refractivity contribution in [1.82, 2.24) is 0 Å². The van der Waals surface area contributed by atoms with Gasteiger partial charge in [-0.15, -0.1) is 6.42 Å². The van der Waals surface area contributed by atoms with Crippen LogP contribution in [-0.2, 0) is 0 Å². The van der Waals surface area contributed by atoms with Crippen LogP contribution in [0.15, 0.2) is 48.5 Å². The van der Waals surface area contributed by atoms with Gasteiger partial charge < -0.3 is 0 Å². The fourth-order valence-corrected chi connectivity index (χ4v) is 1.72. The van der Waals surface area contributed by atoms with Crippen LogP contribution in [0.4, 0.5) is 0 Å². The van der Waals surface area contributed by atoms with Crippen molar-refractivity contribution in [3.8, 4) is 23.5 Å². The maximum Gasteiger partial charge on any atom is 0.0277 e. The molecule has 0 spiro atoms. The fraction of sp³-hybridized carbons (Fsp3) is 0.0667. The van der Waals surface area contributed by atoms with Crippen molar-refractivity contribution in [2.45, 2.75) is 6.92 Å². The third-order valence-corrected chi connectivity index (χ3v) is 2.57. The summed E-state index contributed by atoms with van der Waals surface area (Å²) >= 11 is 0. The zero-order valence-corrected chi connectivity index (χ0v) is 8.70. The maximum atomic E-state index is 5.45. The Hall–Kier alpha value is -2.00. The predicted molar refractivity (Wildman–Crippen MR) is 64.6 cm³/mol. The molecule has 0 radical (unpaired) electrons. The molecule has 0 aliphatic rings. The molecule has 0 heterocycles. The number of hydrogen-bond acceptors (Lipinski definition) is 0. The topological polar surface area (TPSA) is 0 Å². The molecular formula is C15H12. The van der Waals surface area contributed by atoms with Gasteiger partial charge in [0.25, 0.3) is 0 Å². The molecule has 72 valence electrons. The van der Waals surface area contributed by atoms with E-state index in [1.807, 2.05) is 30.3 Å². The molecule has 0 bridgehead atoms.